The zero-order valence-electron chi connectivity index (χ0n) is 15.6. The number of hydrogen-bond acceptors (Lipinski definition) is 4. The van der Waals surface area contributed by atoms with Crippen molar-refractivity contribution in [1.82, 2.24) is 5.32 Å². The molecule has 0 fully saturated rings. The van der Waals surface area contributed by atoms with Crippen LogP contribution in [0.4, 0.5) is 0 Å². The second-order valence-corrected chi connectivity index (χ2v) is 6.69. The van der Waals surface area contributed by atoms with Gasteiger partial charge in [0.2, 0.25) is 6.10 Å². The molecule has 0 spiro atoms. The topological polar surface area (TPSA) is 98.5 Å². The van der Waals surface area contributed by atoms with Crippen LogP contribution in [0.5, 0.6) is 0 Å². The van der Waals surface area contributed by atoms with Crippen LogP contribution >= 0.6 is 0 Å². The summed E-state index contributed by atoms with van der Waals surface area (Å²) in [6.45, 7) is 5.44. The Morgan fingerprint density at radius 3 is 2.22 bits per heavy atom. The third kappa shape index (κ3) is 5.41. The van der Waals surface area contributed by atoms with Gasteiger partial charge in [-0.3, -0.25) is 9.59 Å². The number of primary amides is 1. The summed E-state index contributed by atoms with van der Waals surface area (Å²) < 4.78 is 5.35. The highest BCUT2D eigenvalue weighted by Crippen LogP contribution is 2.19. The van der Waals surface area contributed by atoms with Gasteiger partial charge < -0.3 is 15.8 Å². The van der Waals surface area contributed by atoms with Crippen molar-refractivity contribution in [3.05, 3.63) is 71.3 Å². The highest BCUT2D eigenvalue weighted by Gasteiger charge is 2.31. The minimum Gasteiger partial charge on any atom is -0.446 e. The van der Waals surface area contributed by atoms with Crippen LogP contribution in [0.2, 0.25) is 0 Å². The summed E-state index contributed by atoms with van der Waals surface area (Å²) in [5.41, 5.74) is 7.26. The van der Waals surface area contributed by atoms with Gasteiger partial charge in [-0.2, -0.15) is 0 Å². The predicted molar refractivity (Wildman–Crippen MR) is 102 cm³/mol. The van der Waals surface area contributed by atoms with E-state index in [0.717, 1.165) is 5.56 Å². The fraction of sp³-hybridized carbons (Fsp3) is 0.286. The van der Waals surface area contributed by atoms with Crippen LogP contribution in [-0.2, 0) is 14.3 Å². The molecule has 2 atom stereocenters. The first kappa shape index (κ1) is 20.2. The fourth-order valence-electron chi connectivity index (χ4n) is 2.62. The maximum absolute atomic E-state index is 12.7. The second-order valence-electron chi connectivity index (χ2n) is 6.69. The van der Waals surface area contributed by atoms with Gasteiger partial charge >= 0.3 is 5.97 Å². The molecule has 27 heavy (non-hydrogen) atoms. The Bertz CT molecular complexity index is 818. The van der Waals surface area contributed by atoms with Crippen molar-refractivity contribution in [2.45, 2.75) is 32.9 Å². The summed E-state index contributed by atoms with van der Waals surface area (Å²) in [7, 11) is 0. The average Bonchev–Trinajstić information content (AvgIpc) is 2.64. The zero-order chi connectivity index (χ0) is 20.0. The summed E-state index contributed by atoms with van der Waals surface area (Å²) in [5.74, 6) is -2.11. The van der Waals surface area contributed by atoms with Gasteiger partial charge in [-0.25, -0.2) is 4.79 Å². The number of carbonyl (C=O) groups is 3. The van der Waals surface area contributed by atoms with Gasteiger partial charge in [0.05, 0.1) is 0 Å². The van der Waals surface area contributed by atoms with Crippen LogP contribution in [0.25, 0.3) is 0 Å². The number of hydrogen-bond donors (Lipinski definition) is 2. The van der Waals surface area contributed by atoms with E-state index in [4.69, 9.17) is 10.5 Å². The number of esters is 1. The molecule has 2 rings (SSSR count). The van der Waals surface area contributed by atoms with E-state index >= 15 is 0 Å². The Hall–Kier alpha value is -3.15. The first-order valence-electron chi connectivity index (χ1n) is 8.72. The highest BCUT2D eigenvalue weighted by atomic mass is 16.5. The Kier molecular flexibility index (Phi) is 6.71. The van der Waals surface area contributed by atoms with Crippen LogP contribution < -0.4 is 11.1 Å². The molecule has 2 aromatic rings. The summed E-state index contributed by atoms with van der Waals surface area (Å²) in [6, 6.07) is 14.7. The molecule has 0 aliphatic carbocycles. The van der Waals surface area contributed by atoms with E-state index in [0.29, 0.717) is 11.1 Å². The lowest BCUT2D eigenvalue weighted by Crippen LogP contribution is -2.46. The molecular weight excluding hydrogens is 344 g/mol. The standard InChI is InChI=1S/C21H24N2O4/c1-13(2)17(23-20(25)16-11-7-8-14(3)12-16)21(26)27-18(19(22)24)15-9-5-4-6-10-15/h4-13,17-18H,1-3H3,(H2,22,24)(H,23,25)/t17-,18?/m0/s1. The Balaban J connectivity index is 2.16. The number of amides is 2. The summed E-state index contributed by atoms with van der Waals surface area (Å²) >= 11 is 0. The fourth-order valence-corrected chi connectivity index (χ4v) is 2.62. The number of aryl methyl sites for hydroxylation is 1. The van der Waals surface area contributed by atoms with Gasteiger partial charge in [0, 0.05) is 11.1 Å². The smallest absolute Gasteiger partial charge is 0.330 e. The molecule has 0 aliphatic heterocycles. The Labute approximate surface area is 158 Å². The van der Waals surface area contributed by atoms with Crippen LogP contribution in [0.15, 0.2) is 54.6 Å². The third-order valence-electron chi connectivity index (χ3n) is 4.08. The van der Waals surface area contributed by atoms with Crippen LogP contribution in [0.3, 0.4) is 0 Å². The molecule has 0 bridgehead atoms. The number of nitrogens with two attached hydrogens (primary N) is 1. The molecule has 3 N–H and O–H groups in total. The Morgan fingerprint density at radius 1 is 1.00 bits per heavy atom. The normalized spacial score (nSPS) is 12.9. The summed E-state index contributed by atoms with van der Waals surface area (Å²) in [6.07, 6.45) is -1.21. The quantitative estimate of drug-likeness (QED) is 0.734. The van der Waals surface area contributed by atoms with Gasteiger partial charge in [0.1, 0.15) is 6.04 Å². The largest absolute Gasteiger partial charge is 0.446 e. The van der Waals surface area contributed by atoms with Gasteiger partial charge in [-0.05, 0) is 25.0 Å². The van der Waals surface area contributed by atoms with Crippen molar-refractivity contribution in [2.24, 2.45) is 11.7 Å². The van der Waals surface area contributed by atoms with E-state index in [2.05, 4.69) is 5.32 Å². The maximum Gasteiger partial charge on any atom is 0.330 e. The summed E-state index contributed by atoms with van der Waals surface area (Å²) in [4.78, 5) is 36.9. The van der Waals surface area contributed by atoms with Gasteiger partial charge in [0.15, 0.2) is 0 Å². The van der Waals surface area contributed by atoms with E-state index in [9.17, 15) is 14.4 Å². The predicted octanol–water partition coefficient (Wildman–Crippen LogP) is 2.52. The van der Waals surface area contributed by atoms with E-state index in [1.807, 2.05) is 13.0 Å². The van der Waals surface area contributed by atoms with Crippen molar-refractivity contribution in [3.8, 4) is 0 Å². The number of benzene rings is 2. The Morgan fingerprint density at radius 2 is 1.67 bits per heavy atom. The first-order valence-corrected chi connectivity index (χ1v) is 8.72. The molecule has 2 aromatic carbocycles. The molecule has 0 radical (unpaired) electrons. The van der Waals surface area contributed by atoms with Crippen molar-refractivity contribution in [1.29, 1.82) is 0 Å². The molecule has 142 valence electrons. The van der Waals surface area contributed by atoms with Crippen molar-refractivity contribution in [3.63, 3.8) is 0 Å². The van der Waals surface area contributed by atoms with E-state index < -0.39 is 24.0 Å². The zero-order valence-corrected chi connectivity index (χ0v) is 15.6. The monoisotopic (exact) mass is 368 g/mol. The minimum atomic E-state index is -1.21. The van der Waals surface area contributed by atoms with Crippen molar-refractivity contribution < 1.29 is 19.1 Å². The van der Waals surface area contributed by atoms with E-state index in [1.165, 1.54) is 0 Å². The lowest BCUT2D eigenvalue weighted by atomic mass is 10.0. The molecule has 6 heteroatoms. The number of carbonyl (C=O) groups excluding carboxylic acids is 3. The minimum absolute atomic E-state index is 0.240. The van der Waals surface area contributed by atoms with Crippen molar-refractivity contribution in [2.75, 3.05) is 0 Å². The molecule has 0 saturated heterocycles. The van der Waals surface area contributed by atoms with Crippen LogP contribution in [0.1, 0.15) is 41.4 Å². The molecule has 0 saturated carbocycles. The molecular formula is C21H24N2O4. The SMILES string of the molecule is Cc1cccc(C(=O)N[C@H](C(=O)OC(C(N)=O)c2ccccc2)C(C)C)c1. The van der Waals surface area contributed by atoms with E-state index in [1.54, 1.807) is 62.4 Å². The highest BCUT2D eigenvalue weighted by molar-refractivity contribution is 5.97. The van der Waals surface area contributed by atoms with Crippen LogP contribution in [0, 0.1) is 12.8 Å². The lowest BCUT2D eigenvalue weighted by Gasteiger charge is -2.23. The first-order chi connectivity index (χ1) is 12.8. The van der Waals surface area contributed by atoms with Crippen molar-refractivity contribution >= 4 is 17.8 Å². The number of ether oxygens (including phenoxy) is 1. The maximum atomic E-state index is 12.7. The number of nitrogens with one attached hydrogen (secondary N) is 1. The molecule has 0 aromatic heterocycles. The average molecular weight is 368 g/mol. The third-order valence-corrected chi connectivity index (χ3v) is 4.08. The van der Waals surface area contributed by atoms with Gasteiger partial charge in [-0.1, -0.05) is 61.9 Å². The molecule has 2 amide bonds. The molecule has 0 heterocycles. The van der Waals surface area contributed by atoms with E-state index in [-0.39, 0.29) is 11.8 Å². The molecule has 0 aliphatic rings. The number of rotatable bonds is 7. The van der Waals surface area contributed by atoms with Gasteiger partial charge in [-0.15, -0.1) is 0 Å². The van der Waals surface area contributed by atoms with Gasteiger partial charge in [0.25, 0.3) is 11.8 Å². The molecule has 6 nitrogen and oxygen atoms in total. The summed E-state index contributed by atoms with van der Waals surface area (Å²) in [5, 5.41) is 2.69. The van der Waals surface area contributed by atoms with Crippen LogP contribution in [-0.4, -0.2) is 23.8 Å². The molecule has 1 unspecified atom stereocenters. The second kappa shape index (κ2) is 8.98. The lowest BCUT2D eigenvalue weighted by molar-refractivity contribution is -0.158.